The van der Waals surface area contributed by atoms with Gasteiger partial charge in [-0.25, -0.2) is 0 Å². The number of hydrogen-bond donors (Lipinski definition) is 1. The van der Waals surface area contributed by atoms with Crippen molar-refractivity contribution >= 4 is 17.3 Å². The lowest BCUT2D eigenvalue weighted by Crippen LogP contribution is -2.24. The highest BCUT2D eigenvalue weighted by atomic mass is 35.5. The fourth-order valence-electron chi connectivity index (χ4n) is 3.17. The molecule has 0 fully saturated rings. The predicted molar refractivity (Wildman–Crippen MR) is 116 cm³/mol. The van der Waals surface area contributed by atoms with Gasteiger partial charge in [0.1, 0.15) is 5.02 Å². The first kappa shape index (κ1) is 18.9. The molecule has 4 aromatic rings. The van der Waals surface area contributed by atoms with Crippen molar-refractivity contribution < 1.29 is 0 Å². The van der Waals surface area contributed by atoms with Crippen LogP contribution in [-0.2, 0) is 0 Å². The smallest absolute Gasteiger partial charge is 0.292 e. The Morgan fingerprint density at radius 3 is 2.52 bits per heavy atom. The van der Waals surface area contributed by atoms with Gasteiger partial charge in [0.15, 0.2) is 0 Å². The molecular weight excluding hydrogens is 384 g/mol. The van der Waals surface area contributed by atoms with Crippen LogP contribution in [0.4, 0.5) is 5.69 Å². The summed E-state index contributed by atoms with van der Waals surface area (Å²) in [6.07, 6.45) is 3.31. The van der Waals surface area contributed by atoms with E-state index in [4.69, 9.17) is 11.6 Å². The van der Waals surface area contributed by atoms with E-state index in [2.05, 4.69) is 21.5 Å². The van der Waals surface area contributed by atoms with Crippen molar-refractivity contribution in [1.29, 1.82) is 0 Å². The molecule has 2 aromatic carbocycles. The van der Waals surface area contributed by atoms with E-state index < -0.39 is 0 Å². The molecule has 0 bridgehead atoms. The minimum absolute atomic E-state index is 0.0810. The maximum atomic E-state index is 12.8. The van der Waals surface area contributed by atoms with E-state index in [0.29, 0.717) is 11.4 Å². The molecule has 0 aliphatic heterocycles. The van der Waals surface area contributed by atoms with E-state index in [1.165, 1.54) is 4.68 Å². The molecule has 0 radical (unpaired) electrons. The van der Waals surface area contributed by atoms with Gasteiger partial charge >= 0.3 is 0 Å². The van der Waals surface area contributed by atoms with Crippen LogP contribution >= 0.6 is 11.6 Å². The third-order valence-electron chi connectivity index (χ3n) is 4.58. The van der Waals surface area contributed by atoms with Crippen LogP contribution in [-0.4, -0.2) is 14.8 Å². The number of nitrogens with one attached hydrogen (secondary N) is 1. The molecule has 144 valence electrons. The molecule has 2 heterocycles. The van der Waals surface area contributed by atoms with Gasteiger partial charge in [0.05, 0.1) is 29.3 Å². The highest BCUT2D eigenvalue weighted by Crippen LogP contribution is 2.28. The largest absolute Gasteiger partial charge is 0.370 e. The Labute approximate surface area is 173 Å². The van der Waals surface area contributed by atoms with E-state index in [1.807, 2.05) is 61.5 Å². The lowest BCUT2D eigenvalue weighted by atomic mass is 10.0. The Balaban J connectivity index is 1.75. The van der Waals surface area contributed by atoms with Crippen molar-refractivity contribution in [3.63, 3.8) is 0 Å². The van der Waals surface area contributed by atoms with Gasteiger partial charge in [-0.3, -0.25) is 9.78 Å². The summed E-state index contributed by atoms with van der Waals surface area (Å²) in [5.74, 6) is 0. The zero-order valence-corrected chi connectivity index (χ0v) is 16.5. The van der Waals surface area contributed by atoms with Crippen molar-refractivity contribution in [1.82, 2.24) is 14.8 Å². The third kappa shape index (κ3) is 4.05. The zero-order chi connectivity index (χ0) is 20.2. The van der Waals surface area contributed by atoms with Gasteiger partial charge < -0.3 is 5.32 Å². The second-order valence-electron chi connectivity index (χ2n) is 6.67. The summed E-state index contributed by atoms with van der Waals surface area (Å²) in [4.78, 5) is 17.3. The molecule has 0 aliphatic carbocycles. The number of halogens is 1. The summed E-state index contributed by atoms with van der Waals surface area (Å²) in [6.45, 7) is 2.04. The molecule has 1 N–H and O–H groups in total. The van der Waals surface area contributed by atoms with E-state index in [9.17, 15) is 4.79 Å². The minimum Gasteiger partial charge on any atom is -0.370 e. The van der Waals surface area contributed by atoms with Gasteiger partial charge in [-0.05, 0) is 36.8 Å². The standard InChI is InChI=1S/C23H19ClN4O/c1-16-8-7-9-17(14-16)22(19-12-5-6-13-25-19)27-20-15-26-28(23(29)21(20)24)18-10-3-2-4-11-18/h2-15,22,27H,1H3. The van der Waals surface area contributed by atoms with E-state index in [1.54, 1.807) is 24.5 Å². The third-order valence-corrected chi connectivity index (χ3v) is 4.94. The van der Waals surface area contributed by atoms with E-state index in [0.717, 1.165) is 16.8 Å². The lowest BCUT2D eigenvalue weighted by Gasteiger charge is -2.21. The Morgan fingerprint density at radius 1 is 1.00 bits per heavy atom. The number of hydrogen-bond acceptors (Lipinski definition) is 4. The molecule has 1 unspecified atom stereocenters. The van der Waals surface area contributed by atoms with Gasteiger partial charge in [0, 0.05) is 6.20 Å². The van der Waals surface area contributed by atoms with Crippen molar-refractivity contribution in [2.75, 3.05) is 5.32 Å². The molecular formula is C23H19ClN4O. The van der Waals surface area contributed by atoms with Crippen molar-refractivity contribution in [3.05, 3.63) is 117 Å². The van der Waals surface area contributed by atoms with Crippen LogP contribution in [0.25, 0.3) is 5.69 Å². The van der Waals surface area contributed by atoms with Crippen LogP contribution in [0.5, 0.6) is 0 Å². The zero-order valence-electron chi connectivity index (χ0n) is 15.8. The molecule has 0 saturated carbocycles. The number of nitrogens with zero attached hydrogens (tertiary/aromatic N) is 3. The molecule has 0 amide bonds. The average Bonchev–Trinajstić information content (AvgIpc) is 2.76. The van der Waals surface area contributed by atoms with Crippen LogP contribution < -0.4 is 10.9 Å². The Hall–Kier alpha value is -3.44. The quantitative estimate of drug-likeness (QED) is 0.521. The van der Waals surface area contributed by atoms with Crippen LogP contribution in [0.3, 0.4) is 0 Å². The SMILES string of the molecule is Cc1cccc(C(Nc2cnn(-c3ccccc3)c(=O)c2Cl)c2ccccn2)c1. The first-order chi connectivity index (χ1) is 14.1. The minimum atomic E-state index is -0.383. The molecule has 1 atom stereocenters. The van der Waals surface area contributed by atoms with Gasteiger partial charge in [0.25, 0.3) is 5.56 Å². The van der Waals surface area contributed by atoms with Crippen LogP contribution in [0.15, 0.2) is 90.0 Å². The molecule has 2 aromatic heterocycles. The van der Waals surface area contributed by atoms with Crippen LogP contribution in [0.2, 0.25) is 5.02 Å². The first-order valence-electron chi connectivity index (χ1n) is 9.21. The summed E-state index contributed by atoms with van der Waals surface area (Å²) >= 11 is 6.44. The number of aryl methyl sites for hydroxylation is 1. The van der Waals surface area contributed by atoms with Gasteiger partial charge in [-0.15, -0.1) is 0 Å². The van der Waals surface area contributed by atoms with Gasteiger partial charge in [-0.1, -0.05) is 65.7 Å². The predicted octanol–water partition coefficient (Wildman–Crippen LogP) is 4.79. The molecule has 0 spiro atoms. The molecule has 6 heteroatoms. The monoisotopic (exact) mass is 402 g/mol. The van der Waals surface area contributed by atoms with Crippen LogP contribution in [0, 0.1) is 6.92 Å². The normalized spacial score (nSPS) is 11.8. The topological polar surface area (TPSA) is 59.8 Å². The fraction of sp³-hybridized carbons (Fsp3) is 0.0870. The first-order valence-corrected chi connectivity index (χ1v) is 9.58. The Kier molecular flexibility index (Phi) is 5.40. The number of benzene rings is 2. The summed E-state index contributed by atoms with van der Waals surface area (Å²) in [5.41, 5.74) is 3.71. The summed E-state index contributed by atoms with van der Waals surface area (Å²) in [7, 11) is 0. The summed E-state index contributed by atoms with van der Waals surface area (Å²) in [6, 6.07) is 22.8. The highest BCUT2D eigenvalue weighted by Gasteiger charge is 2.19. The molecule has 4 rings (SSSR count). The second-order valence-corrected chi connectivity index (χ2v) is 7.05. The van der Waals surface area contributed by atoms with Gasteiger partial charge in [0.2, 0.25) is 0 Å². The van der Waals surface area contributed by atoms with E-state index >= 15 is 0 Å². The average molecular weight is 403 g/mol. The number of aromatic nitrogens is 3. The second kappa shape index (κ2) is 8.29. The van der Waals surface area contributed by atoms with Crippen LogP contribution in [0.1, 0.15) is 22.9 Å². The number of anilines is 1. The lowest BCUT2D eigenvalue weighted by molar-refractivity contribution is 0.801. The number of pyridine rings is 1. The maximum absolute atomic E-state index is 12.8. The van der Waals surface area contributed by atoms with Crippen molar-refractivity contribution in [2.45, 2.75) is 13.0 Å². The fourth-order valence-corrected chi connectivity index (χ4v) is 3.35. The Morgan fingerprint density at radius 2 is 1.79 bits per heavy atom. The summed E-state index contributed by atoms with van der Waals surface area (Å²) < 4.78 is 1.29. The molecule has 0 aliphatic rings. The molecule has 0 saturated heterocycles. The molecule has 29 heavy (non-hydrogen) atoms. The number of rotatable bonds is 5. The molecule has 5 nitrogen and oxygen atoms in total. The Bertz CT molecular complexity index is 1180. The number of para-hydroxylation sites is 1. The van der Waals surface area contributed by atoms with Gasteiger partial charge in [-0.2, -0.15) is 9.78 Å². The maximum Gasteiger partial charge on any atom is 0.292 e. The van der Waals surface area contributed by atoms with E-state index in [-0.39, 0.29) is 16.6 Å². The highest BCUT2D eigenvalue weighted by molar-refractivity contribution is 6.33. The van der Waals surface area contributed by atoms with Crippen molar-refractivity contribution in [2.24, 2.45) is 0 Å². The summed E-state index contributed by atoms with van der Waals surface area (Å²) in [5, 5.41) is 7.74. The van der Waals surface area contributed by atoms with Crippen molar-refractivity contribution in [3.8, 4) is 5.69 Å².